The van der Waals surface area contributed by atoms with Gasteiger partial charge < -0.3 is 19.9 Å². The van der Waals surface area contributed by atoms with Gasteiger partial charge in [-0.3, -0.25) is 0 Å². The molecule has 0 amide bonds. The van der Waals surface area contributed by atoms with E-state index in [1.54, 1.807) is 21.3 Å². The molecule has 0 aliphatic rings. The molecular weight excluding hydrogens is 146 g/mol. The highest BCUT2D eigenvalue weighted by atomic mass is 16.7. The third kappa shape index (κ3) is 4.31. The summed E-state index contributed by atoms with van der Waals surface area (Å²) in [6.45, 7) is 0.486. The van der Waals surface area contributed by atoms with E-state index >= 15 is 0 Å². The van der Waals surface area contributed by atoms with Crippen molar-refractivity contribution in [2.24, 2.45) is 5.73 Å². The summed E-state index contributed by atoms with van der Waals surface area (Å²) >= 11 is 0. The van der Waals surface area contributed by atoms with Crippen molar-refractivity contribution < 1.29 is 14.2 Å². The van der Waals surface area contributed by atoms with Crippen molar-refractivity contribution in [2.45, 2.75) is 18.8 Å². The van der Waals surface area contributed by atoms with Gasteiger partial charge in [0.1, 0.15) is 0 Å². The van der Waals surface area contributed by atoms with Crippen LogP contribution >= 0.6 is 0 Å². The molecule has 0 spiro atoms. The maximum atomic E-state index is 5.40. The van der Waals surface area contributed by atoms with Crippen LogP contribution in [-0.2, 0) is 14.2 Å². The monoisotopic (exact) mass is 163 g/mol. The summed E-state index contributed by atoms with van der Waals surface area (Å²) in [4.78, 5) is 0. The predicted octanol–water partition coefficient (Wildman–Crippen LogP) is -0.0309. The first kappa shape index (κ1) is 10.8. The van der Waals surface area contributed by atoms with Crippen LogP contribution in [0.15, 0.2) is 0 Å². The molecule has 1 unspecified atom stereocenters. The van der Waals surface area contributed by atoms with Crippen molar-refractivity contribution in [1.82, 2.24) is 0 Å². The second-order valence-electron chi connectivity index (χ2n) is 2.23. The van der Waals surface area contributed by atoms with Gasteiger partial charge in [0.25, 0.3) is 0 Å². The third-order valence-corrected chi connectivity index (χ3v) is 1.58. The highest BCUT2D eigenvalue weighted by Crippen LogP contribution is 2.03. The molecule has 0 saturated heterocycles. The van der Waals surface area contributed by atoms with Gasteiger partial charge in [0.15, 0.2) is 6.29 Å². The molecular formula is C7H17NO3. The largest absolute Gasteiger partial charge is 0.380 e. The Balaban J connectivity index is 3.58. The molecule has 0 aliphatic carbocycles. The van der Waals surface area contributed by atoms with E-state index in [1.165, 1.54) is 0 Å². The first-order valence-electron chi connectivity index (χ1n) is 3.56. The number of hydrogen-bond acceptors (Lipinski definition) is 4. The molecule has 0 aromatic heterocycles. The van der Waals surface area contributed by atoms with Crippen LogP contribution in [0, 0.1) is 0 Å². The number of hydrogen-bond donors (Lipinski definition) is 1. The highest BCUT2D eigenvalue weighted by Gasteiger charge is 2.12. The fourth-order valence-corrected chi connectivity index (χ4v) is 0.792. The summed E-state index contributed by atoms with van der Waals surface area (Å²) in [5, 5.41) is 0. The van der Waals surface area contributed by atoms with E-state index in [0.29, 0.717) is 13.0 Å². The van der Waals surface area contributed by atoms with E-state index in [9.17, 15) is 0 Å². The quantitative estimate of drug-likeness (QED) is 0.559. The van der Waals surface area contributed by atoms with Crippen LogP contribution in [0.2, 0.25) is 0 Å². The van der Waals surface area contributed by atoms with Gasteiger partial charge >= 0.3 is 0 Å². The Morgan fingerprint density at radius 3 is 1.91 bits per heavy atom. The van der Waals surface area contributed by atoms with Crippen molar-refractivity contribution in [3.8, 4) is 0 Å². The Labute approximate surface area is 67.6 Å². The summed E-state index contributed by atoms with van der Waals surface area (Å²) < 4.78 is 15.0. The van der Waals surface area contributed by atoms with Crippen LogP contribution in [0.3, 0.4) is 0 Å². The summed E-state index contributed by atoms with van der Waals surface area (Å²) in [6.07, 6.45) is 0.461. The van der Waals surface area contributed by atoms with Crippen LogP contribution in [0.5, 0.6) is 0 Å². The maximum Gasteiger partial charge on any atom is 0.159 e. The minimum atomic E-state index is -0.219. The minimum absolute atomic E-state index is 0.0138. The van der Waals surface area contributed by atoms with Crippen molar-refractivity contribution in [2.75, 3.05) is 27.9 Å². The highest BCUT2D eigenvalue weighted by molar-refractivity contribution is 4.59. The number of rotatable bonds is 6. The smallest absolute Gasteiger partial charge is 0.159 e. The maximum absolute atomic E-state index is 5.40. The van der Waals surface area contributed by atoms with Gasteiger partial charge in [-0.15, -0.1) is 0 Å². The SMILES string of the molecule is COC(CN)CC(OC)OC. The van der Waals surface area contributed by atoms with E-state index in [2.05, 4.69) is 0 Å². The molecule has 11 heavy (non-hydrogen) atoms. The molecule has 4 nitrogen and oxygen atoms in total. The topological polar surface area (TPSA) is 53.7 Å². The van der Waals surface area contributed by atoms with Crippen molar-refractivity contribution in [3.63, 3.8) is 0 Å². The van der Waals surface area contributed by atoms with Gasteiger partial charge in [-0.2, -0.15) is 0 Å². The molecule has 0 bridgehead atoms. The van der Waals surface area contributed by atoms with Gasteiger partial charge in [0.05, 0.1) is 6.10 Å². The Bertz CT molecular complexity index is 71.8. The van der Waals surface area contributed by atoms with Crippen LogP contribution in [0.4, 0.5) is 0 Å². The molecule has 0 radical (unpaired) electrons. The lowest BCUT2D eigenvalue weighted by molar-refractivity contribution is -0.124. The van der Waals surface area contributed by atoms with Gasteiger partial charge in [-0.1, -0.05) is 0 Å². The Kier molecular flexibility index (Phi) is 6.45. The van der Waals surface area contributed by atoms with Gasteiger partial charge in [-0.05, 0) is 0 Å². The summed E-state index contributed by atoms with van der Waals surface area (Å²) in [5.74, 6) is 0. The molecule has 68 valence electrons. The standard InChI is InChI=1S/C7H17NO3/c1-9-6(5-8)4-7(10-2)11-3/h6-7H,4-5,8H2,1-3H3. The molecule has 0 rings (SSSR count). The fourth-order valence-electron chi connectivity index (χ4n) is 0.792. The minimum Gasteiger partial charge on any atom is -0.380 e. The molecule has 4 heteroatoms. The average molecular weight is 163 g/mol. The second kappa shape index (κ2) is 6.54. The number of methoxy groups -OCH3 is 3. The summed E-state index contributed by atoms with van der Waals surface area (Å²) in [7, 11) is 4.81. The van der Waals surface area contributed by atoms with Gasteiger partial charge in [0.2, 0.25) is 0 Å². The summed E-state index contributed by atoms with van der Waals surface area (Å²) in [5.41, 5.74) is 5.40. The lowest BCUT2D eigenvalue weighted by Gasteiger charge is -2.18. The molecule has 0 heterocycles. The molecule has 0 fully saturated rings. The number of nitrogens with two attached hydrogens (primary N) is 1. The fraction of sp³-hybridized carbons (Fsp3) is 1.00. The zero-order valence-electron chi connectivity index (χ0n) is 7.37. The number of ether oxygens (including phenoxy) is 3. The average Bonchev–Trinajstić information content (AvgIpc) is 2.07. The second-order valence-corrected chi connectivity index (χ2v) is 2.23. The predicted molar refractivity (Wildman–Crippen MR) is 42.3 cm³/mol. The normalized spacial score (nSPS) is 13.9. The van der Waals surface area contributed by atoms with Crippen LogP contribution < -0.4 is 5.73 Å². The first-order valence-corrected chi connectivity index (χ1v) is 3.56. The molecule has 0 aromatic carbocycles. The van der Waals surface area contributed by atoms with E-state index in [-0.39, 0.29) is 12.4 Å². The third-order valence-electron chi connectivity index (χ3n) is 1.58. The Hall–Kier alpha value is -0.160. The molecule has 2 N–H and O–H groups in total. The van der Waals surface area contributed by atoms with Crippen molar-refractivity contribution in [3.05, 3.63) is 0 Å². The van der Waals surface area contributed by atoms with E-state index in [1.807, 2.05) is 0 Å². The lowest BCUT2D eigenvalue weighted by atomic mass is 10.2. The molecule has 1 atom stereocenters. The molecule has 0 aliphatic heterocycles. The van der Waals surface area contributed by atoms with Crippen LogP contribution in [-0.4, -0.2) is 40.3 Å². The first-order chi connectivity index (χ1) is 5.28. The Morgan fingerprint density at radius 2 is 1.64 bits per heavy atom. The van der Waals surface area contributed by atoms with Gasteiger partial charge in [0, 0.05) is 34.3 Å². The zero-order valence-corrected chi connectivity index (χ0v) is 7.37. The van der Waals surface area contributed by atoms with E-state index < -0.39 is 0 Å². The van der Waals surface area contributed by atoms with Crippen molar-refractivity contribution in [1.29, 1.82) is 0 Å². The van der Waals surface area contributed by atoms with E-state index in [4.69, 9.17) is 19.9 Å². The van der Waals surface area contributed by atoms with Crippen LogP contribution in [0.25, 0.3) is 0 Å². The zero-order chi connectivity index (χ0) is 8.69. The Morgan fingerprint density at radius 1 is 1.09 bits per heavy atom. The summed E-state index contributed by atoms with van der Waals surface area (Å²) in [6, 6.07) is 0. The van der Waals surface area contributed by atoms with Crippen molar-refractivity contribution >= 4 is 0 Å². The molecule has 0 aromatic rings. The lowest BCUT2D eigenvalue weighted by Crippen LogP contribution is -2.29. The van der Waals surface area contributed by atoms with Gasteiger partial charge in [-0.25, -0.2) is 0 Å². The molecule has 0 saturated carbocycles. The van der Waals surface area contributed by atoms with E-state index in [0.717, 1.165) is 0 Å². The van der Waals surface area contributed by atoms with Crippen LogP contribution in [0.1, 0.15) is 6.42 Å².